The lowest BCUT2D eigenvalue weighted by molar-refractivity contribution is -0.122. The van der Waals surface area contributed by atoms with Crippen LogP contribution in [0.25, 0.3) is 0 Å². The molecule has 9 heteroatoms. The highest BCUT2D eigenvalue weighted by molar-refractivity contribution is 7.92. The van der Waals surface area contributed by atoms with E-state index in [9.17, 15) is 18.0 Å². The fraction of sp³-hybridized carbons (Fsp3) is 0.167. The fourth-order valence-electron chi connectivity index (χ4n) is 3.56. The monoisotopic (exact) mass is 466 g/mol. The van der Waals surface area contributed by atoms with E-state index in [1.165, 1.54) is 17.5 Å². The number of sulfonamides is 1. The maximum absolute atomic E-state index is 13.3. The SMILES string of the molecule is COC(=O)c1ccccc1NC(=O)C1CN(S(=O)(=O)Cc2ccccc2)c2ccccc2O1. The zero-order valence-electron chi connectivity index (χ0n) is 17.8. The molecule has 0 saturated heterocycles. The average molecular weight is 467 g/mol. The Hall–Kier alpha value is -3.85. The van der Waals surface area contributed by atoms with Gasteiger partial charge in [0.25, 0.3) is 5.91 Å². The minimum Gasteiger partial charge on any atom is -0.476 e. The molecule has 3 aromatic carbocycles. The summed E-state index contributed by atoms with van der Waals surface area (Å²) in [6, 6.07) is 21.9. The summed E-state index contributed by atoms with van der Waals surface area (Å²) in [7, 11) is -2.57. The summed E-state index contributed by atoms with van der Waals surface area (Å²) < 4.78 is 38.4. The summed E-state index contributed by atoms with van der Waals surface area (Å²) in [4.78, 5) is 25.1. The van der Waals surface area contributed by atoms with Crippen LogP contribution in [0.1, 0.15) is 15.9 Å². The van der Waals surface area contributed by atoms with Crippen LogP contribution in [0.2, 0.25) is 0 Å². The van der Waals surface area contributed by atoms with Gasteiger partial charge in [0.2, 0.25) is 10.0 Å². The number of hydrogen-bond acceptors (Lipinski definition) is 6. The molecule has 1 N–H and O–H groups in total. The van der Waals surface area contributed by atoms with Crippen LogP contribution >= 0.6 is 0 Å². The van der Waals surface area contributed by atoms with Gasteiger partial charge in [-0.3, -0.25) is 9.10 Å². The van der Waals surface area contributed by atoms with Crippen molar-refractivity contribution in [2.45, 2.75) is 11.9 Å². The molecule has 4 rings (SSSR count). The fourth-order valence-corrected chi connectivity index (χ4v) is 5.14. The number of fused-ring (bicyclic) bond motifs is 1. The first kappa shape index (κ1) is 22.3. The third-order valence-electron chi connectivity index (χ3n) is 5.15. The minimum atomic E-state index is -3.82. The lowest BCUT2D eigenvalue weighted by atomic mass is 10.1. The van der Waals surface area contributed by atoms with Crippen LogP contribution in [0, 0.1) is 0 Å². The Labute approximate surface area is 191 Å². The zero-order chi connectivity index (χ0) is 23.4. The van der Waals surface area contributed by atoms with Gasteiger partial charge >= 0.3 is 5.97 Å². The van der Waals surface area contributed by atoms with Gasteiger partial charge in [-0.05, 0) is 29.8 Å². The van der Waals surface area contributed by atoms with E-state index in [1.807, 2.05) is 6.07 Å². The molecule has 1 aliphatic rings. The van der Waals surface area contributed by atoms with Crippen molar-refractivity contribution >= 4 is 33.3 Å². The standard InChI is InChI=1S/C24H22N2O6S/c1-31-24(28)18-11-5-6-12-19(18)25-23(27)22-15-26(20-13-7-8-14-21(20)32-22)33(29,30)16-17-9-3-2-4-10-17/h2-14,22H,15-16H2,1H3,(H,25,27). The van der Waals surface area contributed by atoms with Gasteiger partial charge in [-0.25, -0.2) is 13.2 Å². The van der Waals surface area contributed by atoms with Gasteiger partial charge in [-0.1, -0.05) is 54.6 Å². The van der Waals surface area contributed by atoms with Crippen LogP contribution in [0.3, 0.4) is 0 Å². The number of carbonyl (C=O) groups is 2. The van der Waals surface area contributed by atoms with Crippen LogP contribution < -0.4 is 14.4 Å². The van der Waals surface area contributed by atoms with Crippen LogP contribution in [0.5, 0.6) is 5.75 Å². The number of esters is 1. The lowest BCUT2D eigenvalue weighted by Gasteiger charge is -2.34. The summed E-state index contributed by atoms with van der Waals surface area (Å²) >= 11 is 0. The first-order valence-electron chi connectivity index (χ1n) is 10.2. The smallest absolute Gasteiger partial charge is 0.339 e. The molecule has 33 heavy (non-hydrogen) atoms. The number of anilines is 2. The van der Waals surface area contributed by atoms with Crippen molar-refractivity contribution in [1.29, 1.82) is 0 Å². The van der Waals surface area contributed by atoms with E-state index >= 15 is 0 Å². The number of hydrogen-bond donors (Lipinski definition) is 1. The van der Waals surface area contributed by atoms with Crippen molar-refractivity contribution in [3.8, 4) is 5.75 Å². The largest absolute Gasteiger partial charge is 0.476 e. The number of methoxy groups -OCH3 is 1. The first-order chi connectivity index (χ1) is 15.9. The Morgan fingerprint density at radius 2 is 1.67 bits per heavy atom. The topological polar surface area (TPSA) is 102 Å². The molecule has 1 heterocycles. The van der Waals surface area contributed by atoms with Crippen molar-refractivity contribution in [1.82, 2.24) is 0 Å². The molecule has 1 aliphatic heterocycles. The maximum atomic E-state index is 13.3. The zero-order valence-corrected chi connectivity index (χ0v) is 18.6. The van der Waals surface area contributed by atoms with E-state index in [-0.39, 0.29) is 29.3 Å². The van der Waals surface area contributed by atoms with Crippen LogP contribution in [0.15, 0.2) is 78.9 Å². The molecule has 1 atom stereocenters. The number of benzene rings is 3. The van der Waals surface area contributed by atoms with E-state index in [0.29, 0.717) is 11.3 Å². The van der Waals surface area contributed by atoms with E-state index < -0.39 is 28.0 Å². The average Bonchev–Trinajstić information content (AvgIpc) is 2.83. The summed E-state index contributed by atoms with van der Waals surface area (Å²) in [5.74, 6) is -1.13. The summed E-state index contributed by atoms with van der Waals surface area (Å²) in [5, 5.41) is 2.66. The highest BCUT2D eigenvalue weighted by Crippen LogP contribution is 2.36. The van der Waals surface area contributed by atoms with E-state index in [0.717, 1.165) is 0 Å². The molecule has 1 unspecified atom stereocenters. The van der Waals surface area contributed by atoms with Gasteiger partial charge in [-0.2, -0.15) is 0 Å². The number of ether oxygens (including phenoxy) is 2. The number of nitrogens with one attached hydrogen (secondary N) is 1. The van der Waals surface area contributed by atoms with Gasteiger partial charge in [0, 0.05) is 0 Å². The quantitative estimate of drug-likeness (QED) is 0.560. The number of nitrogens with zero attached hydrogens (tertiary/aromatic N) is 1. The second kappa shape index (κ2) is 9.33. The molecule has 3 aromatic rings. The lowest BCUT2D eigenvalue weighted by Crippen LogP contribution is -2.49. The molecule has 0 radical (unpaired) electrons. The van der Waals surface area contributed by atoms with Crippen molar-refractivity contribution in [2.75, 3.05) is 23.3 Å². The molecule has 170 valence electrons. The van der Waals surface area contributed by atoms with Crippen molar-refractivity contribution in [3.63, 3.8) is 0 Å². The summed E-state index contributed by atoms with van der Waals surface area (Å²) in [6.45, 7) is -0.210. The predicted molar refractivity (Wildman–Crippen MR) is 124 cm³/mol. The van der Waals surface area contributed by atoms with Gasteiger partial charge in [-0.15, -0.1) is 0 Å². The number of amides is 1. The molecule has 0 saturated carbocycles. The van der Waals surface area contributed by atoms with Gasteiger partial charge < -0.3 is 14.8 Å². The molecule has 1 amide bonds. The normalized spacial score (nSPS) is 15.2. The third kappa shape index (κ3) is 4.83. The van der Waals surface area contributed by atoms with Crippen LogP contribution in [-0.2, 0) is 25.3 Å². The Morgan fingerprint density at radius 3 is 2.42 bits per heavy atom. The van der Waals surface area contributed by atoms with Gasteiger partial charge in [0.05, 0.1) is 36.3 Å². The molecule has 0 spiro atoms. The van der Waals surface area contributed by atoms with Crippen LogP contribution in [0.4, 0.5) is 11.4 Å². The van der Waals surface area contributed by atoms with Gasteiger partial charge in [0.1, 0.15) is 5.75 Å². The molecule has 0 aliphatic carbocycles. The highest BCUT2D eigenvalue weighted by Gasteiger charge is 2.37. The highest BCUT2D eigenvalue weighted by atomic mass is 32.2. The number of rotatable bonds is 6. The Bertz CT molecular complexity index is 1280. The Balaban J connectivity index is 1.62. The summed E-state index contributed by atoms with van der Waals surface area (Å²) in [6.07, 6.45) is -1.13. The first-order valence-corrected chi connectivity index (χ1v) is 11.8. The predicted octanol–water partition coefficient (Wildman–Crippen LogP) is 3.21. The van der Waals surface area contributed by atoms with E-state index in [1.54, 1.807) is 66.7 Å². The van der Waals surface area contributed by atoms with Crippen molar-refractivity contribution in [2.24, 2.45) is 0 Å². The number of carbonyl (C=O) groups excluding carboxylic acids is 2. The molecule has 0 bridgehead atoms. The molecule has 0 fully saturated rings. The Kier molecular flexibility index (Phi) is 6.32. The van der Waals surface area contributed by atoms with E-state index in [4.69, 9.17) is 9.47 Å². The van der Waals surface area contributed by atoms with Crippen molar-refractivity contribution < 1.29 is 27.5 Å². The molecule has 0 aromatic heterocycles. The van der Waals surface area contributed by atoms with E-state index in [2.05, 4.69) is 5.32 Å². The van der Waals surface area contributed by atoms with Crippen LogP contribution in [-0.4, -0.2) is 40.1 Å². The van der Waals surface area contributed by atoms with Crippen molar-refractivity contribution in [3.05, 3.63) is 90.0 Å². The maximum Gasteiger partial charge on any atom is 0.339 e. The minimum absolute atomic E-state index is 0.179. The third-order valence-corrected chi connectivity index (χ3v) is 6.86. The Morgan fingerprint density at radius 1 is 1.00 bits per heavy atom. The summed E-state index contributed by atoms with van der Waals surface area (Å²) in [5.41, 5.74) is 1.43. The molecular formula is C24H22N2O6S. The number of para-hydroxylation sites is 3. The molecular weight excluding hydrogens is 444 g/mol. The second-order valence-corrected chi connectivity index (χ2v) is 9.27. The van der Waals surface area contributed by atoms with Gasteiger partial charge in [0.15, 0.2) is 6.10 Å². The second-order valence-electron chi connectivity index (χ2n) is 7.37. The molecule has 8 nitrogen and oxygen atoms in total.